The lowest BCUT2D eigenvalue weighted by atomic mass is 9.72. The lowest BCUT2D eigenvalue weighted by molar-refractivity contribution is -0.327. The molecule has 11 nitrogen and oxygen atoms in total. The third-order valence-electron chi connectivity index (χ3n) is 15.7. The highest BCUT2D eigenvalue weighted by molar-refractivity contribution is 8.22. The molecule has 5 aliphatic rings. The van der Waals surface area contributed by atoms with Crippen LogP contribution in [0.2, 0.25) is 0 Å². The average molecular weight is 896 g/mol. The van der Waals surface area contributed by atoms with Gasteiger partial charge in [-0.25, -0.2) is 0 Å². The fraction of sp³-hybridized carbons (Fsp3) is 0.896. The molecule has 13 heteroatoms. The standard InChI is InChI=1S/C48H81NO10S2/c1-12-16-25-61-45(60)49-35-19-24-48(59-43(35)37-20-22-46(11,57-37)38-21-23-47(54,15-4)32(10)55-38)29(7)26-28(6)42(58-48)34(14-3)40(51)30(8)39(50)31(9)41-27(5)17-18-36(56-41)33(13-2)44(52)53/h19,24,27-39,41-43,50,54H,12-18,20-23,25-26H2,1-11H3,(H,49,60)(H,52,53)/t27-,28-,29+,30-,31-,32-,33+,34-,35+,36+,37?,38+,39+,41+,42-,43?,46-,47+,48-/m0/s1. The van der Waals surface area contributed by atoms with Gasteiger partial charge in [0.05, 0.1) is 65.9 Å². The summed E-state index contributed by atoms with van der Waals surface area (Å²) in [4.78, 5) is 26.7. The van der Waals surface area contributed by atoms with Gasteiger partial charge in [-0.15, -0.1) is 0 Å². The molecule has 350 valence electrons. The third-order valence-corrected chi connectivity index (χ3v) is 17.1. The Morgan fingerprint density at radius 2 is 1.62 bits per heavy atom. The second kappa shape index (κ2) is 21.4. The van der Waals surface area contributed by atoms with E-state index >= 15 is 0 Å². The van der Waals surface area contributed by atoms with Crippen LogP contribution in [0.4, 0.5) is 0 Å². The molecule has 61 heavy (non-hydrogen) atoms. The van der Waals surface area contributed by atoms with Crippen molar-refractivity contribution in [2.75, 3.05) is 5.75 Å². The Morgan fingerprint density at radius 1 is 0.918 bits per heavy atom. The van der Waals surface area contributed by atoms with Gasteiger partial charge in [0.25, 0.3) is 0 Å². The molecule has 0 aromatic carbocycles. The maximum absolute atomic E-state index is 14.7. The smallest absolute Gasteiger partial charge is 0.309 e. The van der Waals surface area contributed by atoms with Gasteiger partial charge in [-0.2, -0.15) is 0 Å². The molecule has 0 saturated carbocycles. The Bertz CT molecular complexity index is 1520. The van der Waals surface area contributed by atoms with Crippen molar-refractivity contribution in [3.05, 3.63) is 12.2 Å². The van der Waals surface area contributed by atoms with Crippen LogP contribution >= 0.6 is 24.0 Å². The number of carbonyl (C=O) groups is 2. The number of ketones is 1. The molecule has 0 amide bonds. The zero-order valence-electron chi connectivity index (χ0n) is 39.1. The number of carboxylic acids is 1. The number of nitrogens with one attached hydrogen (secondary N) is 1. The van der Waals surface area contributed by atoms with Crippen LogP contribution < -0.4 is 5.32 Å². The number of unbranched alkanes of at least 4 members (excludes halogenated alkanes) is 1. The molecule has 4 N–H and O–H groups in total. The highest BCUT2D eigenvalue weighted by Gasteiger charge is 2.57. The average Bonchev–Trinajstić information content (AvgIpc) is 3.64. The number of thiocarbonyl (C=S) groups is 1. The van der Waals surface area contributed by atoms with Gasteiger partial charge >= 0.3 is 5.97 Å². The van der Waals surface area contributed by atoms with Crippen molar-refractivity contribution in [3.8, 4) is 0 Å². The van der Waals surface area contributed by atoms with E-state index in [1.807, 2.05) is 47.6 Å². The SMILES string of the molecule is CCCCSC(=S)N[C@@H]1C=C[C@@]2(OC1C1CC[C@@](C)([C@H]3CC[C@](O)(CC)[C@H](C)O3)O1)O[C@H]([C@@H](CC)C(=O)[C@@H](C)[C@@H](O)[C@H](C)[C@@H]1O[C@@H]([C@@H](CC)C(=O)O)CC[C@@H]1C)[C@@H](C)C[C@H]2C. The molecule has 5 aliphatic heterocycles. The molecule has 2 unspecified atom stereocenters. The molecule has 0 bridgehead atoms. The van der Waals surface area contributed by atoms with Gasteiger partial charge in [-0.3, -0.25) is 9.59 Å². The minimum atomic E-state index is -1.12. The number of aliphatic carboxylic acids is 1. The number of thioether (sulfide) groups is 1. The summed E-state index contributed by atoms with van der Waals surface area (Å²) in [6, 6.07) is -0.267. The van der Waals surface area contributed by atoms with E-state index in [0.717, 1.165) is 48.6 Å². The van der Waals surface area contributed by atoms with Crippen molar-refractivity contribution in [2.45, 2.75) is 225 Å². The highest BCUT2D eigenvalue weighted by atomic mass is 32.2. The van der Waals surface area contributed by atoms with Gasteiger partial charge < -0.3 is 44.3 Å². The van der Waals surface area contributed by atoms with Gasteiger partial charge in [0.2, 0.25) is 0 Å². The summed E-state index contributed by atoms with van der Waals surface area (Å²) in [5, 5.41) is 36.5. The molecule has 19 atom stereocenters. The number of hydrogen-bond donors (Lipinski definition) is 4. The summed E-state index contributed by atoms with van der Waals surface area (Å²) < 4.78 is 35.2. The first-order valence-electron chi connectivity index (χ1n) is 23.9. The number of aliphatic hydroxyl groups is 2. The molecule has 1 spiro atoms. The summed E-state index contributed by atoms with van der Waals surface area (Å²) in [6.07, 6.45) is 9.70. The molecule has 4 saturated heterocycles. The van der Waals surface area contributed by atoms with Crippen molar-refractivity contribution < 1.29 is 48.6 Å². The Kier molecular flexibility index (Phi) is 17.9. The minimum absolute atomic E-state index is 0.0300. The fourth-order valence-electron chi connectivity index (χ4n) is 11.3. The van der Waals surface area contributed by atoms with Crippen LogP contribution in [0.15, 0.2) is 12.2 Å². The van der Waals surface area contributed by atoms with Crippen molar-refractivity contribution in [1.29, 1.82) is 0 Å². The van der Waals surface area contributed by atoms with E-state index in [9.17, 15) is 24.9 Å². The van der Waals surface area contributed by atoms with Gasteiger partial charge in [-0.1, -0.05) is 98.8 Å². The van der Waals surface area contributed by atoms with Crippen molar-refractivity contribution in [2.24, 2.45) is 41.4 Å². The van der Waals surface area contributed by atoms with Crippen molar-refractivity contribution in [1.82, 2.24) is 5.32 Å². The van der Waals surface area contributed by atoms with Gasteiger partial charge in [-0.05, 0) is 102 Å². The third kappa shape index (κ3) is 11.1. The second-order valence-corrected chi connectivity index (χ2v) is 21.7. The van der Waals surface area contributed by atoms with Crippen LogP contribution in [-0.2, 0) is 33.3 Å². The number of carboxylic acid groups (broad SMARTS) is 1. The van der Waals surface area contributed by atoms with E-state index in [4.69, 9.17) is 35.9 Å². The number of hydrogen-bond acceptors (Lipinski definition) is 11. The number of ether oxygens (including phenoxy) is 5. The normalized spacial score (nSPS) is 41.8. The summed E-state index contributed by atoms with van der Waals surface area (Å²) >= 11 is 7.50. The van der Waals surface area contributed by atoms with E-state index < -0.39 is 65.1 Å². The largest absolute Gasteiger partial charge is 0.481 e. The maximum atomic E-state index is 14.7. The molecule has 0 aromatic rings. The predicted molar refractivity (Wildman–Crippen MR) is 244 cm³/mol. The van der Waals surface area contributed by atoms with Gasteiger partial charge in [0, 0.05) is 29.4 Å². The predicted octanol–water partition coefficient (Wildman–Crippen LogP) is 8.64. The number of carbonyl (C=O) groups excluding carboxylic acids is 1. The first-order valence-corrected chi connectivity index (χ1v) is 25.3. The van der Waals surface area contributed by atoms with Crippen LogP contribution in [0.1, 0.15) is 153 Å². The van der Waals surface area contributed by atoms with Crippen LogP contribution in [0.25, 0.3) is 0 Å². The van der Waals surface area contributed by atoms with Crippen LogP contribution in [0.5, 0.6) is 0 Å². The van der Waals surface area contributed by atoms with E-state index in [-0.39, 0.29) is 59.9 Å². The Morgan fingerprint density at radius 3 is 2.25 bits per heavy atom. The topological polar surface area (TPSA) is 153 Å². The monoisotopic (exact) mass is 896 g/mol. The summed E-state index contributed by atoms with van der Waals surface area (Å²) in [5.74, 6) is -3.11. The Balaban J connectivity index is 1.35. The molecule has 0 radical (unpaired) electrons. The summed E-state index contributed by atoms with van der Waals surface area (Å²) in [5.41, 5.74) is -1.40. The Labute approximate surface area is 376 Å². The molecule has 5 heterocycles. The molecular weight excluding hydrogens is 815 g/mol. The number of Topliss-reactive ketones (excluding diaryl/α,β-unsaturated/α-hetero) is 1. The minimum Gasteiger partial charge on any atom is -0.481 e. The maximum Gasteiger partial charge on any atom is 0.309 e. The zero-order chi connectivity index (χ0) is 45.0. The van der Waals surface area contributed by atoms with Gasteiger partial charge in [0.15, 0.2) is 5.79 Å². The first-order chi connectivity index (χ1) is 28.8. The zero-order valence-corrected chi connectivity index (χ0v) is 40.7. The van der Waals surface area contributed by atoms with Crippen molar-refractivity contribution in [3.63, 3.8) is 0 Å². The molecule has 0 aromatic heterocycles. The molecule has 5 rings (SSSR count). The van der Waals surface area contributed by atoms with E-state index in [2.05, 4.69) is 46.0 Å². The van der Waals surface area contributed by atoms with Crippen LogP contribution in [0, 0.1) is 41.4 Å². The molecule has 4 fully saturated rings. The number of aliphatic hydroxyl groups excluding tert-OH is 1. The van der Waals surface area contributed by atoms with E-state index in [1.165, 1.54) is 0 Å². The lowest BCUT2D eigenvalue weighted by Crippen LogP contribution is -2.62. The summed E-state index contributed by atoms with van der Waals surface area (Å²) in [6.45, 7) is 22.3. The van der Waals surface area contributed by atoms with E-state index in [1.54, 1.807) is 11.8 Å². The fourth-order valence-corrected chi connectivity index (χ4v) is 12.5. The number of rotatable bonds is 17. The van der Waals surface area contributed by atoms with Crippen LogP contribution in [-0.4, -0.2) is 109 Å². The second-order valence-electron chi connectivity index (χ2n) is 19.9. The quantitative estimate of drug-likeness (QED) is 0.0627. The first kappa shape index (κ1) is 50.8. The van der Waals surface area contributed by atoms with E-state index in [0.29, 0.717) is 38.5 Å². The van der Waals surface area contributed by atoms with Crippen molar-refractivity contribution >= 4 is 40.1 Å². The summed E-state index contributed by atoms with van der Waals surface area (Å²) in [7, 11) is 0. The highest BCUT2D eigenvalue weighted by Crippen LogP contribution is 2.49. The molecular formula is C48H81NO10S2. The Hall–Kier alpha value is -1.16. The van der Waals surface area contributed by atoms with Gasteiger partial charge in [0.1, 0.15) is 16.2 Å². The lowest BCUT2D eigenvalue weighted by Gasteiger charge is -2.53. The molecule has 0 aliphatic carbocycles. The van der Waals surface area contributed by atoms with Crippen LogP contribution in [0.3, 0.4) is 0 Å².